The van der Waals surface area contributed by atoms with Gasteiger partial charge in [-0.1, -0.05) is 6.07 Å². The lowest BCUT2D eigenvalue weighted by Gasteiger charge is -2.15. The van der Waals surface area contributed by atoms with E-state index < -0.39 is 23.5 Å². The van der Waals surface area contributed by atoms with Gasteiger partial charge in [0, 0.05) is 6.54 Å². The Kier molecular flexibility index (Phi) is 4.95. The van der Waals surface area contributed by atoms with Gasteiger partial charge in [0.05, 0.1) is 31.5 Å². The molecule has 2 rings (SSSR count). The number of aliphatic hydroxyl groups excluding tert-OH is 1. The molecule has 0 aromatic heterocycles. The minimum Gasteiger partial charge on any atom is -0.466 e. The van der Waals surface area contributed by atoms with Crippen LogP contribution in [0, 0.1) is 18.6 Å². The van der Waals surface area contributed by atoms with E-state index in [4.69, 9.17) is 5.11 Å². The smallest absolute Gasteiger partial charge is 0.337 e. The molecule has 0 saturated carbocycles. The fourth-order valence-corrected chi connectivity index (χ4v) is 2.23. The molecule has 1 aromatic rings. The largest absolute Gasteiger partial charge is 0.466 e. The lowest BCUT2D eigenvalue weighted by molar-refractivity contribution is -0.136. The number of rotatable bonds is 5. The topological polar surface area (TPSA) is 78.9 Å². The number of nitrogens with zero attached hydrogens (tertiary/aromatic N) is 1. The molecule has 0 spiro atoms. The normalized spacial score (nSPS) is 14.5. The van der Waals surface area contributed by atoms with Crippen molar-refractivity contribution in [3.8, 4) is 0 Å². The average molecular weight is 326 g/mol. The number of benzene rings is 1. The highest BCUT2D eigenvalue weighted by molar-refractivity contribution is 6.08. The van der Waals surface area contributed by atoms with Crippen LogP contribution in [0.3, 0.4) is 0 Å². The Labute approximate surface area is 131 Å². The van der Waals surface area contributed by atoms with E-state index in [2.05, 4.69) is 10.1 Å². The van der Waals surface area contributed by atoms with Crippen LogP contribution in [0.1, 0.15) is 5.56 Å². The maximum Gasteiger partial charge on any atom is 0.337 e. The Bertz CT molecular complexity index is 688. The number of esters is 1. The Morgan fingerprint density at radius 2 is 2.09 bits per heavy atom. The summed E-state index contributed by atoms with van der Waals surface area (Å²) in [5.41, 5.74) is -0.336. The SMILES string of the molecule is COC(=O)C1=C(Nc2ccc(C)c(F)c2F)C(=O)N(CCO)C1. The van der Waals surface area contributed by atoms with Crippen molar-refractivity contribution in [3.63, 3.8) is 0 Å². The standard InChI is InChI=1S/C15H16F2N2O4/c1-8-3-4-10(12(17)11(8)16)18-13-9(15(22)23-2)7-19(5-6-20)14(13)21/h3-4,18,20H,5-7H2,1-2H3. The molecule has 1 aliphatic rings. The molecule has 0 fully saturated rings. The Hall–Kier alpha value is -2.48. The molecule has 1 amide bonds. The zero-order chi connectivity index (χ0) is 17.1. The number of ether oxygens (including phenoxy) is 1. The van der Waals surface area contributed by atoms with Crippen LogP contribution in [-0.2, 0) is 14.3 Å². The molecule has 6 nitrogen and oxygen atoms in total. The van der Waals surface area contributed by atoms with Crippen molar-refractivity contribution in [2.45, 2.75) is 6.92 Å². The molecule has 1 aromatic carbocycles. The van der Waals surface area contributed by atoms with Crippen molar-refractivity contribution in [2.75, 3.05) is 32.1 Å². The quantitative estimate of drug-likeness (QED) is 0.788. The van der Waals surface area contributed by atoms with Crippen LogP contribution in [0.4, 0.5) is 14.5 Å². The van der Waals surface area contributed by atoms with E-state index in [1.807, 2.05) is 0 Å². The van der Waals surface area contributed by atoms with Gasteiger partial charge >= 0.3 is 5.97 Å². The van der Waals surface area contributed by atoms with E-state index in [9.17, 15) is 18.4 Å². The van der Waals surface area contributed by atoms with Crippen LogP contribution in [-0.4, -0.2) is 48.7 Å². The first-order valence-corrected chi connectivity index (χ1v) is 6.84. The van der Waals surface area contributed by atoms with Gasteiger partial charge in [-0.2, -0.15) is 0 Å². The number of carbonyl (C=O) groups is 2. The zero-order valence-corrected chi connectivity index (χ0v) is 12.7. The van der Waals surface area contributed by atoms with Crippen molar-refractivity contribution >= 4 is 17.6 Å². The van der Waals surface area contributed by atoms with Gasteiger partial charge in [0.2, 0.25) is 0 Å². The summed E-state index contributed by atoms with van der Waals surface area (Å²) in [5, 5.41) is 11.4. The number of hydrogen-bond donors (Lipinski definition) is 2. The lowest BCUT2D eigenvalue weighted by Crippen LogP contribution is -2.31. The van der Waals surface area contributed by atoms with E-state index in [0.29, 0.717) is 0 Å². The Morgan fingerprint density at radius 3 is 2.70 bits per heavy atom. The molecule has 8 heteroatoms. The molecule has 1 aliphatic heterocycles. The first-order chi connectivity index (χ1) is 10.9. The number of halogens is 2. The fraction of sp³-hybridized carbons (Fsp3) is 0.333. The van der Waals surface area contributed by atoms with E-state index in [1.54, 1.807) is 0 Å². The van der Waals surface area contributed by atoms with Crippen molar-refractivity contribution < 1.29 is 28.2 Å². The zero-order valence-electron chi connectivity index (χ0n) is 12.7. The molecule has 0 aliphatic carbocycles. The maximum absolute atomic E-state index is 14.0. The molecule has 0 bridgehead atoms. The summed E-state index contributed by atoms with van der Waals surface area (Å²) in [6, 6.07) is 2.63. The number of hydrogen-bond acceptors (Lipinski definition) is 5. The fourth-order valence-electron chi connectivity index (χ4n) is 2.23. The summed E-state index contributed by atoms with van der Waals surface area (Å²) >= 11 is 0. The second-order valence-corrected chi connectivity index (χ2v) is 4.98. The number of aliphatic hydroxyl groups is 1. The predicted octanol–water partition coefficient (Wildman–Crippen LogP) is 0.947. The third kappa shape index (κ3) is 3.16. The van der Waals surface area contributed by atoms with Gasteiger partial charge in [-0.15, -0.1) is 0 Å². The number of nitrogens with one attached hydrogen (secondary N) is 1. The Morgan fingerprint density at radius 1 is 1.39 bits per heavy atom. The summed E-state index contributed by atoms with van der Waals surface area (Å²) in [6.45, 7) is 1.05. The minimum absolute atomic E-state index is 0.00802. The summed E-state index contributed by atoms with van der Waals surface area (Å²) in [7, 11) is 1.15. The molecule has 1 heterocycles. The van der Waals surface area contributed by atoms with Crippen LogP contribution in [0.25, 0.3) is 0 Å². The predicted molar refractivity (Wildman–Crippen MR) is 77.4 cm³/mol. The second kappa shape index (κ2) is 6.74. The van der Waals surface area contributed by atoms with Gasteiger partial charge in [-0.3, -0.25) is 4.79 Å². The summed E-state index contributed by atoms with van der Waals surface area (Å²) in [4.78, 5) is 25.3. The van der Waals surface area contributed by atoms with Gasteiger partial charge in [0.25, 0.3) is 5.91 Å². The highest BCUT2D eigenvalue weighted by Crippen LogP contribution is 2.26. The minimum atomic E-state index is -1.14. The maximum atomic E-state index is 14.0. The number of carbonyl (C=O) groups excluding carboxylic acids is 2. The molecule has 124 valence electrons. The molecule has 0 radical (unpaired) electrons. The monoisotopic (exact) mass is 326 g/mol. The van der Waals surface area contributed by atoms with Crippen LogP contribution in [0.15, 0.2) is 23.4 Å². The number of aryl methyl sites for hydroxylation is 1. The summed E-state index contributed by atoms with van der Waals surface area (Å²) < 4.78 is 32.2. The number of methoxy groups -OCH3 is 1. The molecule has 23 heavy (non-hydrogen) atoms. The molecule has 0 atom stereocenters. The van der Waals surface area contributed by atoms with Crippen LogP contribution >= 0.6 is 0 Å². The molecular formula is C15H16F2N2O4. The summed E-state index contributed by atoms with van der Waals surface area (Å²) in [5.74, 6) is -3.53. The van der Waals surface area contributed by atoms with Crippen LogP contribution in [0.2, 0.25) is 0 Å². The molecule has 0 unspecified atom stereocenters. The van der Waals surface area contributed by atoms with Crippen molar-refractivity contribution in [2.24, 2.45) is 0 Å². The van der Waals surface area contributed by atoms with E-state index >= 15 is 0 Å². The molecule has 2 N–H and O–H groups in total. The van der Waals surface area contributed by atoms with E-state index in [-0.39, 0.29) is 42.2 Å². The average Bonchev–Trinajstić information content (AvgIpc) is 2.84. The number of β-amino-alcohol motifs (C(OH)–C–C–N with tert-alkyl or cyclic N) is 1. The highest BCUT2D eigenvalue weighted by atomic mass is 19.2. The van der Waals surface area contributed by atoms with Gasteiger partial charge in [0.1, 0.15) is 5.70 Å². The second-order valence-electron chi connectivity index (χ2n) is 4.98. The van der Waals surface area contributed by atoms with Crippen LogP contribution < -0.4 is 5.32 Å². The summed E-state index contributed by atoms with van der Waals surface area (Å²) in [6.07, 6.45) is 0. The third-order valence-corrected chi connectivity index (χ3v) is 3.49. The first kappa shape index (κ1) is 16.9. The molecular weight excluding hydrogens is 310 g/mol. The van der Waals surface area contributed by atoms with Gasteiger partial charge in [-0.25, -0.2) is 13.6 Å². The van der Waals surface area contributed by atoms with Crippen molar-refractivity contribution in [1.29, 1.82) is 0 Å². The molecule has 0 saturated heterocycles. The van der Waals surface area contributed by atoms with Gasteiger partial charge in [0.15, 0.2) is 11.6 Å². The lowest BCUT2D eigenvalue weighted by atomic mass is 10.2. The highest BCUT2D eigenvalue weighted by Gasteiger charge is 2.35. The number of amides is 1. The van der Waals surface area contributed by atoms with Gasteiger partial charge < -0.3 is 20.1 Å². The van der Waals surface area contributed by atoms with Gasteiger partial charge in [-0.05, 0) is 18.6 Å². The van der Waals surface area contributed by atoms with E-state index in [1.165, 1.54) is 24.0 Å². The van der Waals surface area contributed by atoms with Crippen molar-refractivity contribution in [3.05, 3.63) is 40.6 Å². The third-order valence-electron chi connectivity index (χ3n) is 3.49. The first-order valence-electron chi connectivity index (χ1n) is 6.84. The van der Waals surface area contributed by atoms with Crippen molar-refractivity contribution in [1.82, 2.24) is 4.90 Å². The van der Waals surface area contributed by atoms with E-state index in [0.717, 1.165) is 7.11 Å². The Balaban J connectivity index is 2.39. The van der Waals surface area contributed by atoms with Crippen LogP contribution in [0.5, 0.6) is 0 Å². The number of anilines is 1.